The molecule has 0 amide bonds. The number of hydrogen-bond donors (Lipinski definition) is 1. The molecule has 0 atom stereocenters. The molecule has 1 aromatic heterocycles. The Morgan fingerprint density at radius 3 is 2.75 bits per heavy atom. The van der Waals surface area contributed by atoms with Crippen molar-refractivity contribution in [1.82, 2.24) is 9.97 Å². The van der Waals surface area contributed by atoms with Crippen LogP contribution >= 0.6 is 0 Å². The van der Waals surface area contributed by atoms with Gasteiger partial charge in [-0.25, -0.2) is 14.4 Å². The fourth-order valence-electron chi connectivity index (χ4n) is 3.70. The predicted octanol–water partition coefficient (Wildman–Crippen LogP) is 5.99. The van der Waals surface area contributed by atoms with Crippen molar-refractivity contribution < 1.29 is 13.9 Å². The first-order chi connectivity index (χ1) is 15.6. The van der Waals surface area contributed by atoms with Crippen LogP contribution in [-0.2, 0) is 6.61 Å². The molecule has 3 aromatic carbocycles. The molecule has 1 heterocycles. The fraction of sp³-hybridized carbons (Fsp3) is 0.192. The number of benzene rings is 3. The van der Waals surface area contributed by atoms with Crippen LogP contribution in [0.2, 0.25) is 0 Å². The lowest BCUT2D eigenvalue weighted by atomic mass is 10.0. The Morgan fingerprint density at radius 1 is 1.09 bits per heavy atom. The van der Waals surface area contributed by atoms with E-state index >= 15 is 0 Å². The number of aryl methyl sites for hydroxylation is 1. The molecule has 4 aromatic rings. The summed E-state index contributed by atoms with van der Waals surface area (Å²) in [5, 5.41) is 4.15. The van der Waals surface area contributed by atoms with E-state index in [1.165, 1.54) is 18.5 Å². The Hall–Kier alpha value is -3.80. The van der Waals surface area contributed by atoms with Crippen LogP contribution in [0.25, 0.3) is 10.9 Å². The summed E-state index contributed by atoms with van der Waals surface area (Å²) >= 11 is 0. The number of nitrogens with one attached hydrogen (secondary N) is 1. The van der Waals surface area contributed by atoms with Crippen molar-refractivity contribution >= 4 is 28.2 Å². The monoisotopic (exact) mass is 427 g/mol. The summed E-state index contributed by atoms with van der Waals surface area (Å²) < 4.78 is 19.2. The molecule has 0 saturated heterocycles. The van der Waals surface area contributed by atoms with Gasteiger partial charge in [0.15, 0.2) is 5.78 Å². The zero-order chi connectivity index (χ0) is 22.1. The minimum atomic E-state index is -0.276. The van der Waals surface area contributed by atoms with E-state index in [-0.39, 0.29) is 17.5 Å². The number of aromatic nitrogens is 2. The predicted molar refractivity (Wildman–Crippen MR) is 122 cm³/mol. The average molecular weight is 427 g/mol. The molecule has 1 aliphatic carbocycles. The number of halogens is 1. The van der Waals surface area contributed by atoms with Gasteiger partial charge in [-0.15, -0.1) is 0 Å². The topological polar surface area (TPSA) is 64.1 Å². The molecule has 1 aliphatic rings. The Bertz CT molecular complexity index is 1320. The Labute approximate surface area is 185 Å². The van der Waals surface area contributed by atoms with Crippen LogP contribution in [0, 0.1) is 18.7 Å². The number of ketones is 1. The highest BCUT2D eigenvalue weighted by Gasteiger charge is 2.30. The summed E-state index contributed by atoms with van der Waals surface area (Å²) in [5.41, 5.74) is 4.04. The van der Waals surface area contributed by atoms with Crippen molar-refractivity contribution in [2.24, 2.45) is 5.92 Å². The fourth-order valence-corrected chi connectivity index (χ4v) is 3.70. The molecule has 1 fully saturated rings. The summed E-state index contributed by atoms with van der Waals surface area (Å²) in [6.07, 6.45) is 3.46. The normalized spacial score (nSPS) is 13.2. The molecule has 0 bridgehead atoms. The van der Waals surface area contributed by atoms with Crippen LogP contribution in [-0.4, -0.2) is 15.8 Å². The van der Waals surface area contributed by atoms with Gasteiger partial charge < -0.3 is 10.1 Å². The molecule has 5 rings (SSSR count). The Kier molecular flexibility index (Phi) is 5.27. The SMILES string of the molecule is Cc1cc(Nc2ncnc3ccc(C(=O)C4CC4)cc23)ccc1OCc1cccc(F)c1. The van der Waals surface area contributed by atoms with Crippen molar-refractivity contribution in [2.45, 2.75) is 26.4 Å². The van der Waals surface area contributed by atoms with Crippen molar-refractivity contribution in [2.75, 3.05) is 5.32 Å². The second-order valence-electron chi connectivity index (χ2n) is 8.12. The largest absolute Gasteiger partial charge is 0.489 e. The summed E-state index contributed by atoms with van der Waals surface area (Å²) in [6, 6.07) is 17.7. The van der Waals surface area contributed by atoms with Gasteiger partial charge in [0.05, 0.1) is 5.52 Å². The zero-order valence-corrected chi connectivity index (χ0v) is 17.6. The third kappa shape index (κ3) is 4.30. The average Bonchev–Trinajstić information content (AvgIpc) is 3.64. The summed E-state index contributed by atoms with van der Waals surface area (Å²) in [7, 11) is 0. The second kappa shape index (κ2) is 8.38. The molecule has 32 heavy (non-hydrogen) atoms. The Morgan fingerprint density at radius 2 is 1.97 bits per heavy atom. The molecule has 1 N–H and O–H groups in total. The van der Waals surface area contributed by atoms with Crippen molar-refractivity contribution in [3.8, 4) is 5.75 Å². The maximum Gasteiger partial charge on any atom is 0.165 e. The maximum absolute atomic E-state index is 13.4. The molecule has 0 spiro atoms. The first kappa shape index (κ1) is 20.1. The number of rotatable bonds is 7. The number of carbonyl (C=O) groups is 1. The molecule has 160 valence electrons. The van der Waals surface area contributed by atoms with E-state index in [1.54, 1.807) is 6.07 Å². The zero-order valence-electron chi connectivity index (χ0n) is 17.6. The highest BCUT2D eigenvalue weighted by atomic mass is 19.1. The molecule has 0 aliphatic heterocycles. The minimum Gasteiger partial charge on any atom is -0.489 e. The van der Waals surface area contributed by atoms with Crippen molar-refractivity contribution in [3.05, 3.63) is 89.5 Å². The molecule has 5 nitrogen and oxygen atoms in total. The highest BCUT2D eigenvalue weighted by Crippen LogP contribution is 2.34. The van der Waals surface area contributed by atoms with Gasteiger partial charge in [0.25, 0.3) is 0 Å². The summed E-state index contributed by atoms with van der Waals surface area (Å²) in [6.45, 7) is 2.25. The van der Waals surface area contributed by atoms with Crippen LogP contribution in [0.5, 0.6) is 5.75 Å². The van der Waals surface area contributed by atoms with Crippen LogP contribution in [0.15, 0.2) is 67.0 Å². The number of carbonyl (C=O) groups excluding carboxylic acids is 1. The number of anilines is 2. The molecule has 1 saturated carbocycles. The van der Waals surface area contributed by atoms with E-state index in [2.05, 4.69) is 15.3 Å². The van der Waals surface area contributed by atoms with E-state index in [9.17, 15) is 9.18 Å². The first-order valence-electron chi connectivity index (χ1n) is 10.6. The Balaban J connectivity index is 1.36. The van der Waals surface area contributed by atoms with E-state index in [0.717, 1.165) is 46.3 Å². The van der Waals surface area contributed by atoms with E-state index < -0.39 is 0 Å². The van der Waals surface area contributed by atoms with Crippen LogP contribution in [0.1, 0.15) is 34.3 Å². The third-order valence-electron chi connectivity index (χ3n) is 5.59. The second-order valence-corrected chi connectivity index (χ2v) is 8.12. The number of Topliss-reactive ketones (excluding diaryl/α,β-unsaturated/α-hetero) is 1. The van der Waals surface area contributed by atoms with Crippen LogP contribution < -0.4 is 10.1 Å². The maximum atomic E-state index is 13.4. The van der Waals surface area contributed by atoms with E-state index in [1.807, 2.05) is 49.4 Å². The van der Waals surface area contributed by atoms with Gasteiger partial charge in [-0.2, -0.15) is 0 Å². The third-order valence-corrected chi connectivity index (χ3v) is 5.59. The quantitative estimate of drug-likeness (QED) is 0.367. The smallest absolute Gasteiger partial charge is 0.165 e. The van der Waals surface area contributed by atoms with E-state index in [0.29, 0.717) is 18.0 Å². The van der Waals surface area contributed by atoms with Gasteiger partial charge >= 0.3 is 0 Å². The van der Waals surface area contributed by atoms with Gasteiger partial charge in [0, 0.05) is 22.6 Å². The summed E-state index contributed by atoms with van der Waals surface area (Å²) in [5.74, 6) is 1.45. The van der Waals surface area contributed by atoms with Crippen LogP contribution in [0.4, 0.5) is 15.9 Å². The van der Waals surface area contributed by atoms with Gasteiger partial charge in [-0.1, -0.05) is 12.1 Å². The first-order valence-corrected chi connectivity index (χ1v) is 10.6. The van der Waals surface area contributed by atoms with Gasteiger partial charge in [-0.05, 0) is 79.4 Å². The highest BCUT2D eigenvalue weighted by molar-refractivity contribution is 6.03. The standard InChI is InChI=1S/C26H22FN3O2/c1-16-11-21(8-10-24(16)32-14-17-3-2-4-20(27)12-17)30-26-22-13-19(25(31)18-5-6-18)7-9-23(22)28-15-29-26/h2-4,7-13,15,18H,5-6,14H2,1H3,(H,28,29,30). The van der Waals surface area contributed by atoms with Gasteiger partial charge in [0.2, 0.25) is 0 Å². The van der Waals surface area contributed by atoms with Gasteiger partial charge in [-0.3, -0.25) is 4.79 Å². The molecular weight excluding hydrogens is 405 g/mol. The lowest BCUT2D eigenvalue weighted by Gasteiger charge is -2.13. The van der Waals surface area contributed by atoms with Crippen LogP contribution in [0.3, 0.4) is 0 Å². The van der Waals surface area contributed by atoms with E-state index in [4.69, 9.17) is 4.74 Å². The number of ether oxygens (including phenoxy) is 1. The number of fused-ring (bicyclic) bond motifs is 1. The molecular formula is C26H22FN3O2. The lowest BCUT2D eigenvalue weighted by Crippen LogP contribution is -2.03. The minimum absolute atomic E-state index is 0.163. The molecule has 0 radical (unpaired) electrons. The van der Waals surface area contributed by atoms with Gasteiger partial charge in [0.1, 0.15) is 30.3 Å². The molecule has 0 unspecified atom stereocenters. The van der Waals surface area contributed by atoms with Crippen molar-refractivity contribution in [3.63, 3.8) is 0 Å². The summed E-state index contributed by atoms with van der Waals surface area (Å²) in [4.78, 5) is 21.2. The van der Waals surface area contributed by atoms with Crippen molar-refractivity contribution in [1.29, 1.82) is 0 Å². The molecule has 6 heteroatoms. The number of hydrogen-bond acceptors (Lipinski definition) is 5. The number of nitrogens with zero attached hydrogens (tertiary/aromatic N) is 2. The lowest BCUT2D eigenvalue weighted by molar-refractivity contribution is 0.0968.